The average molecular weight is 338 g/mol. The largest absolute Gasteiger partial charge is 0.460 e. The zero-order chi connectivity index (χ0) is 17.6. The SMILES string of the molecule is COCc1cc(CN2CCCCC2CCC(=O)OC(C)(C)C)no1. The second-order valence-electron chi connectivity index (χ2n) is 7.46. The summed E-state index contributed by atoms with van der Waals surface area (Å²) in [5, 5.41) is 4.12. The van der Waals surface area contributed by atoms with Crippen LogP contribution in [0.2, 0.25) is 0 Å². The number of ether oxygens (including phenoxy) is 2. The third kappa shape index (κ3) is 6.24. The fourth-order valence-electron chi connectivity index (χ4n) is 3.12. The summed E-state index contributed by atoms with van der Waals surface area (Å²) in [6.07, 6.45) is 4.81. The molecular weight excluding hydrogens is 308 g/mol. The Hall–Kier alpha value is -1.40. The van der Waals surface area contributed by atoms with Crippen LogP contribution in [-0.4, -0.2) is 41.3 Å². The predicted octanol–water partition coefficient (Wildman–Crippen LogP) is 3.30. The Labute approximate surface area is 144 Å². The van der Waals surface area contributed by atoms with Crippen molar-refractivity contribution in [2.45, 2.75) is 77.7 Å². The topological polar surface area (TPSA) is 64.8 Å². The molecular formula is C18H30N2O4. The Balaban J connectivity index is 1.86. The molecule has 0 saturated carbocycles. The van der Waals surface area contributed by atoms with E-state index in [1.54, 1.807) is 7.11 Å². The van der Waals surface area contributed by atoms with E-state index in [0.29, 0.717) is 19.1 Å². The van der Waals surface area contributed by atoms with Gasteiger partial charge in [-0.1, -0.05) is 11.6 Å². The number of piperidine rings is 1. The highest BCUT2D eigenvalue weighted by Gasteiger charge is 2.25. The maximum absolute atomic E-state index is 12.0. The molecule has 1 saturated heterocycles. The van der Waals surface area contributed by atoms with Crippen LogP contribution < -0.4 is 0 Å². The number of likely N-dealkylation sites (tertiary alicyclic amines) is 1. The van der Waals surface area contributed by atoms with E-state index in [4.69, 9.17) is 14.0 Å². The number of esters is 1. The molecule has 1 aromatic heterocycles. The van der Waals surface area contributed by atoms with Gasteiger partial charge in [0.2, 0.25) is 0 Å². The van der Waals surface area contributed by atoms with Gasteiger partial charge in [0.15, 0.2) is 5.76 Å². The third-order valence-corrected chi connectivity index (χ3v) is 4.11. The minimum Gasteiger partial charge on any atom is -0.460 e. The lowest BCUT2D eigenvalue weighted by Crippen LogP contribution is -2.39. The van der Waals surface area contributed by atoms with E-state index in [-0.39, 0.29) is 5.97 Å². The molecule has 0 aliphatic carbocycles. The lowest BCUT2D eigenvalue weighted by atomic mass is 9.97. The molecule has 0 aromatic carbocycles. The van der Waals surface area contributed by atoms with E-state index in [9.17, 15) is 4.79 Å². The number of hydrogen-bond acceptors (Lipinski definition) is 6. The van der Waals surface area contributed by atoms with E-state index in [1.165, 1.54) is 12.8 Å². The summed E-state index contributed by atoms with van der Waals surface area (Å²) < 4.78 is 15.7. The fourth-order valence-corrected chi connectivity index (χ4v) is 3.12. The van der Waals surface area contributed by atoms with Crippen LogP contribution in [0.4, 0.5) is 0 Å². The van der Waals surface area contributed by atoms with Crippen molar-refractivity contribution in [2.75, 3.05) is 13.7 Å². The lowest BCUT2D eigenvalue weighted by molar-refractivity contribution is -0.155. The summed E-state index contributed by atoms with van der Waals surface area (Å²) in [6.45, 7) is 7.94. The molecule has 1 unspecified atom stereocenters. The summed E-state index contributed by atoms with van der Waals surface area (Å²) in [6, 6.07) is 2.34. The van der Waals surface area contributed by atoms with Crippen molar-refractivity contribution < 1.29 is 18.8 Å². The molecule has 2 rings (SSSR count). The highest BCUT2D eigenvalue weighted by molar-refractivity contribution is 5.69. The monoisotopic (exact) mass is 338 g/mol. The molecule has 0 radical (unpaired) electrons. The molecule has 6 heteroatoms. The van der Waals surface area contributed by atoms with Crippen LogP contribution in [-0.2, 0) is 27.4 Å². The Morgan fingerprint density at radius 1 is 1.42 bits per heavy atom. The van der Waals surface area contributed by atoms with E-state index in [2.05, 4.69) is 10.1 Å². The first kappa shape index (κ1) is 18.9. The number of carbonyl (C=O) groups excluding carboxylic acids is 1. The molecule has 2 heterocycles. The van der Waals surface area contributed by atoms with Crippen molar-refractivity contribution in [3.63, 3.8) is 0 Å². The van der Waals surface area contributed by atoms with Crippen molar-refractivity contribution in [1.82, 2.24) is 10.1 Å². The number of nitrogens with zero attached hydrogens (tertiary/aromatic N) is 2. The van der Waals surface area contributed by atoms with Crippen LogP contribution in [0.25, 0.3) is 0 Å². The second kappa shape index (κ2) is 8.62. The van der Waals surface area contributed by atoms with Crippen molar-refractivity contribution in [3.05, 3.63) is 17.5 Å². The van der Waals surface area contributed by atoms with Gasteiger partial charge < -0.3 is 14.0 Å². The molecule has 24 heavy (non-hydrogen) atoms. The summed E-state index contributed by atoms with van der Waals surface area (Å²) in [4.78, 5) is 14.4. The molecule has 136 valence electrons. The van der Waals surface area contributed by atoms with Gasteiger partial charge in [0.05, 0.1) is 5.69 Å². The first-order valence-electron chi connectivity index (χ1n) is 8.76. The predicted molar refractivity (Wildman–Crippen MR) is 90.3 cm³/mol. The van der Waals surface area contributed by atoms with Crippen LogP contribution in [0, 0.1) is 0 Å². The van der Waals surface area contributed by atoms with E-state index < -0.39 is 5.60 Å². The third-order valence-electron chi connectivity index (χ3n) is 4.11. The van der Waals surface area contributed by atoms with Crippen LogP contribution in [0.15, 0.2) is 10.6 Å². The summed E-state index contributed by atoms with van der Waals surface area (Å²) in [7, 11) is 1.64. The lowest BCUT2D eigenvalue weighted by Gasteiger charge is -2.35. The smallest absolute Gasteiger partial charge is 0.306 e. The number of hydrogen-bond donors (Lipinski definition) is 0. The molecule has 0 N–H and O–H groups in total. The Morgan fingerprint density at radius 3 is 2.92 bits per heavy atom. The highest BCUT2D eigenvalue weighted by Crippen LogP contribution is 2.23. The second-order valence-corrected chi connectivity index (χ2v) is 7.46. The van der Waals surface area contributed by atoms with Gasteiger partial charge in [-0.25, -0.2) is 0 Å². The van der Waals surface area contributed by atoms with Crippen molar-refractivity contribution >= 4 is 5.97 Å². The number of aromatic nitrogens is 1. The Bertz CT molecular complexity index is 521. The average Bonchev–Trinajstić information content (AvgIpc) is 2.92. The molecule has 1 aliphatic rings. The fraction of sp³-hybridized carbons (Fsp3) is 0.778. The quantitative estimate of drug-likeness (QED) is 0.711. The molecule has 1 aliphatic heterocycles. The number of rotatable bonds is 7. The summed E-state index contributed by atoms with van der Waals surface area (Å²) in [5.74, 6) is 0.631. The van der Waals surface area contributed by atoms with Crippen LogP contribution in [0.5, 0.6) is 0 Å². The zero-order valence-corrected chi connectivity index (χ0v) is 15.3. The molecule has 1 aromatic rings. The molecule has 6 nitrogen and oxygen atoms in total. The van der Waals surface area contributed by atoms with Crippen molar-refractivity contribution in [3.8, 4) is 0 Å². The van der Waals surface area contributed by atoms with Crippen LogP contribution >= 0.6 is 0 Å². The summed E-state index contributed by atoms with van der Waals surface area (Å²) in [5.41, 5.74) is 0.508. The van der Waals surface area contributed by atoms with Gasteiger partial charge in [0.25, 0.3) is 0 Å². The summed E-state index contributed by atoms with van der Waals surface area (Å²) >= 11 is 0. The van der Waals surface area contributed by atoms with Gasteiger partial charge in [-0.15, -0.1) is 0 Å². The van der Waals surface area contributed by atoms with E-state index in [1.807, 2.05) is 26.8 Å². The number of methoxy groups -OCH3 is 1. The maximum atomic E-state index is 12.0. The van der Waals surface area contributed by atoms with Gasteiger partial charge in [0.1, 0.15) is 12.2 Å². The molecule has 0 bridgehead atoms. The Kier molecular flexibility index (Phi) is 6.80. The molecule has 0 amide bonds. The van der Waals surface area contributed by atoms with Gasteiger partial charge >= 0.3 is 5.97 Å². The molecule has 1 atom stereocenters. The van der Waals surface area contributed by atoms with Crippen molar-refractivity contribution in [1.29, 1.82) is 0 Å². The maximum Gasteiger partial charge on any atom is 0.306 e. The van der Waals surface area contributed by atoms with Gasteiger partial charge in [-0.2, -0.15) is 0 Å². The highest BCUT2D eigenvalue weighted by atomic mass is 16.6. The standard InChI is InChI=1S/C18H30N2O4/c1-18(2,3)23-17(21)9-8-15-7-5-6-10-20(15)12-14-11-16(13-22-4)24-19-14/h11,15H,5-10,12-13H2,1-4H3. The molecule has 0 spiro atoms. The minimum atomic E-state index is -0.415. The van der Waals surface area contributed by atoms with E-state index >= 15 is 0 Å². The van der Waals surface area contributed by atoms with E-state index in [0.717, 1.165) is 37.4 Å². The zero-order valence-electron chi connectivity index (χ0n) is 15.3. The Morgan fingerprint density at radius 2 is 2.21 bits per heavy atom. The van der Waals surface area contributed by atoms with Gasteiger partial charge in [-0.3, -0.25) is 9.69 Å². The van der Waals surface area contributed by atoms with Crippen LogP contribution in [0.1, 0.15) is 64.3 Å². The van der Waals surface area contributed by atoms with Crippen molar-refractivity contribution in [2.24, 2.45) is 0 Å². The van der Waals surface area contributed by atoms with Gasteiger partial charge in [0, 0.05) is 32.2 Å². The number of carbonyl (C=O) groups is 1. The first-order valence-corrected chi connectivity index (χ1v) is 8.76. The van der Waals surface area contributed by atoms with Gasteiger partial charge in [-0.05, 0) is 46.6 Å². The molecule has 1 fully saturated rings. The normalized spacial score (nSPS) is 19.4. The minimum absolute atomic E-state index is 0.114. The van der Waals surface area contributed by atoms with Crippen LogP contribution in [0.3, 0.4) is 0 Å². The first-order chi connectivity index (χ1) is 11.4.